The zero-order chi connectivity index (χ0) is 11.4. The molecular weight excluding hydrogens is 186 g/mol. The Labute approximate surface area is 92.3 Å². The summed E-state index contributed by atoms with van der Waals surface area (Å²) in [5.41, 5.74) is 8.96. The van der Waals surface area contributed by atoms with Gasteiger partial charge in [0.15, 0.2) is 0 Å². The van der Waals surface area contributed by atoms with Crippen LogP contribution in [0.15, 0.2) is 18.2 Å². The van der Waals surface area contributed by atoms with Crippen LogP contribution in [0.5, 0.6) is 0 Å². The van der Waals surface area contributed by atoms with Crippen molar-refractivity contribution >= 4 is 11.4 Å². The van der Waals surface area contributed by atoms with Crippen molar-refractivity contribution in [2.75, 3.05) is 31.7 Å². The van der Waals surface area contributed by atoms with Gasteiger partial charge in [0.25, 0.3) is 0 Å². The Morgan fingerprint density at radius 1 is 1.40 bits per heavy atom. The van der Waals surface area contributed by atoms with Gasteiger partial charge < -0.3 is 16.0 Å². The van der Waals surface area contributed by atoms with Crippen molar-refractivity contribution in [1.82, 2.24) is 4.90 Å². The Hall–Kier alpha value is -1.22. The summed E-state index contributed by atoms with van der Waals surface area (Å²) in [6, 6.07) is 6.49. The molecule has 1 aromatic carbocycles. The van der Waals surface area contributed by atoms with Crippen LogP contribution < -0.4 is 11.1 Å². The van der Waals surface area contributed by atoms with Crippen molar-refractivity contribution in [2.24, 2.45) is 0 Å². The van der Waals surface area contributed by atoms with Crippen LogP contribution in [0.25, 0.3) is 0 Å². The molecule has 0 heterocycles. The van der Waals surface area contributed by atoms with E-state index in [0.717, 1.165) is 17.9 Å². The van der Waals surface area contributed by atoms with Gasteiger partial charge in [-0.15, -0.1) is 0 Å². The minimum atomic E-state index is 0.394. The Bertz CT molecular complexity index is 321. The Kier molecular flexibility index (Phi) is 3.97. The number of nitrogens with one attached hydrogen (secondary N) is 1. The molecule has 0 radical (unpaired) electrons. The lowest BCUT2D eigenvalue weighted by molar-refractivity contribution is 0.392. The van der Waals surface area contributed by atoms with Gasteiger partial charge in [0.1, 0.15) is 0 Å². The highest BCUT2D eigenvalue weighted by Crippen LogP contribution is 2.20. The molecule has 3 N–H and O–H groups in total. The smallest absolute Gasteiger partial charge is 0.0576 e. The van der Waals surface area contributed by atoms with Crippen LogP contribution in [-0.2, 0) is 0 Å². The SMILES string of the molecule is Cc1ccc(NC(C)CN(C)C)c(N)c1. The molecule has 1 atom stereocenters. The molecule has 3 nitrogen and oxygen atoms in total. The maximum Gasteiger partial charge on any atom is 0.0576 e. The second-order valence-corrected chi connectivity index (χ2v) is 4.40. The van der Waals surface area contributed by atoms with Gasteiger partial charge in [-0.1, -0.05) is 6.07 Å². The lowest BCUT2D eigenvalue weighted by atomic mass is 10.2. The van der Waals surface area contributed by atoms with Crippen LogP contribution in [0.4, 0.5) is 11.4 Å². The minimum absolute atomic E-state index is 0.394. The molecule has 15 heavy (non-hydrogen) atoms. The van der Waals surface area contributed by atoms with Crippen molar-refractivity contribution in [3.05, 3.63) is 23.8 Å². The summed E-state index contributed by atoms with van der Waals surface area (Å²) in [6.07, 6.45) is 0. The van der Waals surface area contributed by atoms with E-state index in [9.17, 15) is 0 Å². The lowest BCUT2D eigenvalue weighted by Gasteiger charge is -2.20. The molecule has 1 aromatic rings. The van der Waals surface area contributed by atoms with E-state index >= 15 is 0 Å². The van der Waals surface area contributed by atoms with Gasteiger partial charge in [-0.25, -0.2) is 0 Å². The van der Waals surface area contributed by atoms with E-state index in [1.807, 2.05) is 19.1 Å². The fourth-order valence-electron chi connectivity index (χ4n) is 1.67. The highest BCUT2D eigenvalue weighted by Gasteiger charge is 2.05. The fraction of sp³-hybridized carbons (Fsp3) is 0.500. The van der Waals surface area contributed by atoms with Gasteiger partial charge in [0.05, 0.1) is 11.4 Å². The summed E-state index contributed by atoms with van der Waals surface area (Å²) in [7, 11) is 4.13. The number of nitrogens with zero attached hydrogens (tertiary/aromatic N) is 1. The van der Waals surface area contributed by atoms with E-state index in [0.29, 0.717) is 6.04 Å². The largest absolute Gasteiger partial charge is 0.397 e. The van der Waals surface area contributed by atoms with E-state index in [2.05, 4.69) is 37.3 Å². The van der Waals surface area contributed by atoms with Crippen molar-refractivity contribution < 1.29 is 0 Å². The van der Waals surface area contributed by atoms with Crippen LogP contribution in [0, 0.1) is 6.92 Å². The standard InChI is InChI=1S/C12H21N3/c1-9-5-6-12(11(13)7-9)14-10(2)8-15(3)4/h5-7,10,14H,8,13H2,1-4H3. The molecule has 3 heteroatoms. The van der Waals surface area contributed by atoms with Gasteiger partial charge >= 0.3 is 0 Å². The third kappa shape index (κ3) is 3.80. The molecule has 0 aliphatic carbocycles. The molecule has 1 unspecified atom stereocenters. The monoisotopic (exact) mass is 207 g/mol. The first kappa shape index (κ1) is 11.9. The molecule has 0 spiro atoms. The number of nitrogens with two attached hydrogens (primary N) is 1. The van der Waals surface area contributed by atoms with E-state index < -0.39 is 0 Å². The van der Waals surface area contributed by atoms with Crippen molar-refractivity contribution in [3.8, 4) is 0 Å². The van der Waals surface area contributed by atoms with Crippen molar-refractivity contribution in [2.45, 2.75) is 19.9 Å². The first-order valence-corrected chi connectivity index (χ1v) is 5.26. The molecule has 1 rings (SSSR count). The molecule has 84 valence electrons. The summed E-state index contributed by atoms with van der Waals surface area (Å²) < 4.78 is 0. The zero-order valence-corrected chi connectivity index (χ0v) is 10.0. The topological polar surface area (TPSA) is 41.3 Å². The highest BCUT2D eigenvalue weighted by atomic mass is 15.1. The summed E-state index contributed by atoms with van der Waals surface area (Å²) in [6.45, 7) is 5.19. The fourth-order valence-corrected chi connectivity index (χ4v) is 1.67. The second kappa shape index (κ2) is 5.03. The van der Waals surface area contributed by atoms with E-state index in [1.54, 1.807) is 0 Å². The third-order valence-electron chi connectivity index (χ3n) is 2.25. The minimum Gasteiger partial charge on any atom is -0.397 e. The molecule has 0 saturated carbocycles. The van der Waals surface area contributed by atoms with Crippen LogP contribution in [-0.4, -0.2) is 31.6 Å². The predicted molar refractivity (Wildman–Crippen MR) is 67.2 cm³/mol. The van der Waals surface area contributed by atoms with Gasteiger partial charge in [-0.3, -0.25) is 0 Å². The van der Waals surface area contributed by atoms with E-state index in [-0.39, 0.29) is 0 Å². The molecule has 0 saturated heterocycles. The summed E-state index contributed by atoms with van der Waals surface area (Å²) >= 11 is 0. The number of anilines is 2. The first-order valence-electron chi connectivity index (χ1n) is 5.26. The van der Waals surface area contributed by atoms with Crippen LogP contribution in [0.2, 0.25) is 0 Å². The Morgan fingerprint density at radius 2 is 2.07 bits per heavy atom. The van der Waals surface area contributed by atoms with Crippen LogP contribution in [0.3, 0.4) is 0 Å². The van der Waals surface area contributed by atoms with Crippen molar-refractivity contribution in [1.29, 1.82) is 0 Å². The normalized spacial score (nSPS) is 12.9. The molecule has 0 aromatic heterocycles. The number of hydrogen-bond acceptors (Lipinski definition) is 3. The molecule has 0 amide bonds. The van der Waals surface area contributed by atoms with Gasteiger partial charge in [-0.2, -0.15) is 0 Å². The Balaban J connectivity index is 2.64. The average molecular weight is 207 g/mol. The maximum atomic E-state index is 5.92. The quantitative estimate of drug-likeness (QED) is 0.741. The number of likely N-dealkylation sites (N-methyl/N-ethyl adjacent to an activating group) is 1. The predicted octanol–water partition coefficient (Wildman–Crippen LogP) is 1.94. The summed E-state index contributed by atoms with van der Waals surface area (Å²) in [5.74, 6) is 0. The van der Waals surface area contributed by atoms with Crippen molar-refractivity contribution in [3.63, 3.8) is 0 Å². The lowest BCUT2D eigenvalue weighted by Crippen LogP contribution is -2.29. The summed E-state index contributed by atoms with van der Waals surface area (Å²) in [4.78, 5) is 2.15. The van der Waals surface area contributed by atoms with E-state index in [1.165, 1.54) is 5.56 Å². The number of nitrogen functional groups attached to an aromatic ring is 1. The van der Waals surface area contributed by atoms with Crippen LogP contribution in [0.1, 0.15) is 12.5 Å². The molecular formula is C12H21N3. The molecule has 0 bridgehead atoms. The highest BCUT2D eigenvalue weighted by molar-refractivity contribution is 5.67. The number of hydrogen-bond donors (Lipinski definition) is 2. The van der Waals surface area contributed by atoms with Gasteiger partial charge in [0, 0.05) is 12.6 Å². The third-order valence-corrected chi connectivity index (χ3v) is 2.25. The molecule has 0 fully saturated rings. The number of benzene rings is 1. The molecule has 0 aliphatic heterocycles. The first-order chi connectivity index (χ1) is 6.99. The van der Waals surface area contributed by atoms with Gasteiger partial charge in [-0.05, 0) is 45.6 Å². The average Bonchev–Trinajstić information content (AvgIpc) is 2.08. The number of aryl methyl sites for hydroxylation is 1. The zero-order valence-electron chi connectivity index (χ0n) is 10.0. The second-order valence-electron chi connectivity index (χ2n) is 4.40. The summed E-state index contributed by atoms with van der Waals surface area (Å²) in [5, 5.41) is 3.40. The van der Waals surface area contributed by atoms with E-state index in [4.69, 9.17) is 5.73 Å². The molecule has 0 aliphatic rings. The number of rotatable bonds is 4. The maximum absolute atomic E-state index is 5.92. The van der Waals surface area contributed by atoms with Crippen LogP contribution >= 0.6 is 0 Å². The van der Waals surface area contributed by atoms with Gasteiger partial charge in [0.2, 0.25) is 0 Å². The Morgan fingerprint density at radius 3 is 2.60 bits per heavy atom.